The highest BCUT2D eigenvalue weighted by Crippen LogP contribution is 2.22. The number of nitrogens with one attached hydrogen (secondary N) is 1. The minimum Gasteiger partial charge on any atom is -0.356 e. The third kappa shape index (κ3) is 5.43. The summed E-state index contributed by atoms with van der Waals surface area (Å²) in [5.74, 6) is 0.0844. The summed E-state index contributed by atoms with van der Waals surface area (Å²) in [5, 5.41) is 2.83. The van der Waals surface area contributed by atoms with Gasteiger partial charge in [0.1, 0.15) is 0 Å². The summed E-state index contributed by atoms with van der Waals surface area (Å²) in [5.41, 5.74) is 4.59. The van der Waals surface area contributed by atoms with Crippen molar-refractivity contribution in [2.45, 2.75) is 37.9 Å². The van der Waals surface area contributed by atoms with Gasteiger partial charge in [-0.3, -0.25) is 4.79 Å². The van der Waals surface area contributed by atoms with Gasteiger partial charge in [-0.15, -0.1) is 0 Å². The van der Waals surface area contributed by atoms with Crippen molar-refractivity contribution in [1.29, 1.82) is 0 Å². The minimum atomic E-state index is -3.15. The third-order valence-electron chi connectivity index (χ3n) is 4.71. The Morgan fingerprint density at radius 3 is 2.54 bits per heavy atom. The Labute approximate surface area is 155 Å². The van der Waals surface area contributed by atoms with Crippen LogP contribution >= 0.6 is 0 Å². The topological polar surface area (TPSA) is 63.2 Å². The smallest absolute Gasteiger partial charge is 0.224 e. The zero-order chi connectivity index (χ0) is 18.4. The Hall–Kier alpha value is -2.14. The number of sulfone groups is 1. The zero-order valence-electron chi connectivity index (χ0n) is 14.9. The average molecular weight is 372 g/mol. The number of rotatable bonds is 8. The Morgan fingerprint density at radius 1 is 0.962 bits per heavy atom. The first-order valence-electron chi connectivity index (χ1n) is 9.13. The van der Waals surface area contributed by atoms with Crippen LogP contribution in [0.25, 0.3) is 0 Å². The van der Waals surface area contributed by atoms with Crippen LogP contribution in [0.4, 0.5) is 0 Å². The molecule has 0 spiro atoms. The Bertz CT molecular complexity index is 860. The van der Waals surface area contributed by atoms with Gasteiger partial charge < -0.3 is 5.32 Å². The Morgan fingerprint density at radius 2 is 1.73 bits per heavy atom. The van der Waals surface area contributed by atoms with Gasteiger partial charge in [0.2, 0.25) is 5.91 Å². The second-order valence-corrected chi connectivity index (χ2v) is 9.10. The van der Waals surface area contributed by atoms with E-state index < -0.39 is 9.84 Å². The number of aryl methyl sites for hydroxylation is 2. The van der Waals surface area contributed by atoms with Gasteiger partial charge >= 0.3 is 0 Å². The number of fused-ring (bicyclic) bond motifs is 1. The van der Waals surface area contributed by atoms with E-state index in [0.717, 1.165) is 24.0 Å². The fourth-order valence-corrected chi connectivity index (χ4v) is 4.83. The van der Waals surface area contributed by atoms with Crippen LogP contribution in [0.1, 0.15) is 35.1 Å². The molecule has 2 aromatic carbocycles. The number of hydrogen-bond donors (Lipinski definition) is 1. The first kappa shape index (κ1) is 18.6. The molecule has 0 saturated heterocycles. The molecule has 1 N–H and O–H groups in total. The largest absolute Gasteiger partial charge is 0.356 e. The van der Waals surface area contributed by atoms with Crippen LogP contribution in [-0.2, 0) is 39.6 Å². The summed E-state index contributed by atoms with van der Waals surface area (Å²) >= 11 is 0. The van der Waals surface area contributed by atoms with Gasteiger partial charge in [-0.1, -0.05) is 48.5 Å². The molecule has 0 heterocycles. The van der Waals surface area contributed by atoms with E-state index in [1.54, 1.807) is 0 Å². The highest BCUT2D eigenvalue weighted by atomic mass is 32.2. The normalized spacial score (nSPS) is 13.4. The van der Waals surface area contributed by atoms with Crippen LogP contribution in [0.15, 0.2) is 48.5 Å². The van der Waals surface area contributed by atoms with E-state index in [2.05, 4.69) is 17.4 Å². The first-order chi connectivity index (χ1) is 12.5. The first-order valence-corrected chi connectivity index (χ1v) is 11.0. The SMILES string of the molecule is O=C(Cc1ccc2c(c1)CCC2)NCCCS(=O)(=O)Cc1ccccc1. The van der Waals surface area contributed by atoms with Gasteiger partial charge in [0.05, 0.1) is 17.9 Å². The molecule has 4 nitrogen and oxygen atoms in total. The third-order valence-corrected chi connectivity index (χ3v) is 6.40. The molecule has 26 heavy (non-hydrogen) atoms. The summed E-state index contributed by atoms with van der Waals surface area (Å²) in [6.07, 6.45) is 4.22. The summed E-state index contributed by atoms with van der Waals surface area (Å²) in [7, 11) is -3.15. The van der Waals surface area contributed by atoms with Gasteiger partial charge in [0, 0.05) is 6.54 Å². The van der Waals surface area contributed by atoms with E-state index in [-0.39, 0.29) is 17.4 Å². The van der Waals surface area contributed by atoms with E-state index in [1.165, 1.54) is 17.5 Å². The summed E-state index contributed by atoms with van der Waals surface area (Å²) in [6.45, 7) is 0.387. The average Bonchev–Trinajstić information content (AvgIpc) is 3.07. The van der Waals surface area contributed by atoms with Crippen LogP contribution in [0.5, 0.6) is 0 Å². The summed E-state index contributed by atoms with van der Waals surface area (Å²) in [6, 6.07) is 15.5. The molecule has 2 aromatic rings. The number of amides is 1. The summed E-state index contributed by atoms with van der Waals surface area (Å²) in [4.78, 5) is 12.1. The van der Waals surface area contributed by atoms with Gasteiger partial charge in [-0.25, -0.2) is 8.42 Å². The van der Waals surface area contributed by atoms with Crippen molar-refractivity contribution in [3.05, 3.63) is 70.8 Å². The number of benzene rings is 2. The quantitative estimate of drug-likeness (QED) is 0.726. The number of hydrogen-bond acceptors (Lipinski definition) is 3. The molecule has 0 radical (unpaired) electrons. The van der Waals surface area contributed by atoms with Crippen LogP contribution in [0.2, 0.25) is 0 Å². The molecule has 3 rings (SSSR count). The fourth-order valence-electron chi connectivity index (χ4n) is 3.40. The number of carbonyl (C=O) groups excluding carboxylic acids is 1. The molecule has 0 unspecified atom stereocenters. The predicted molar refractivity (Wildman–Crippen MR) is 104 cm³/mol. The molecule has 0 aromatic heterocycles. The monoisotopic (exact) mass is 371 g/mol. The molecule has 5 heteroatoms. The molecule has 0 saturated carbocycles. The molecule has 1 amide bonds. The predicted octanol–water partition coefficient (Wildman–Crippen LogP) is 2.84. The van der Waals surface area contributed by atoms with Crippen molar-refractivity contribution in [3.63, 3.8) is 0 Å². The van der Waals surface area contributed by atoms with E-state index in [0.29, 0.717) is 19.4 Å². The Kier molecular flexibility index (Phi) is 6.09. The van der Waals surface area contributed by atoms with Crippen molar-refractivity contribution in [2.75, 3.05) is 12.3 Å². The maximum atomic E-state index is 12.1. The highest BCUT2D eigenvalue weighted by Gasteiger charge is 2.13. The van der Waals surface area contributed by atoms with Gasteiger partial charge in [-0.05, 0) is 47.9 Å². The lowest BCUT2D eigenvalue weighted by Gasteiger charge is -2.08. The van der Waals surface area contributed by atoms with Crippen molar-refractivity contribution in [3.8, 4) is 0 Å². The lowest BCUT2D eigenvalue weighted by atomic mass is 10.0. The molecular weight excluding hydrogens is 346 g/mol. The van der Waals surface area contributed by atoms with Crippen molar-refractivity contribution in [2.24, 2.45) is 0 Å². The minimum absolute atomic E-state index is 0.0524. The maximum absolute atomic E-state index is 12.1. The molecule has 0 atom stereocenters. The second kappa shape index (κ2) is 8.49. The lowest BCUT2D eigenvalue weighted by molar-refractivity contribution is -0.120. The number of carbonyl (C=O) groups is 1. The van der Waals surface area contributed by atoms with Crippen LogP contribution in [0, 0.1) is 0 Å². The van der Waals surface area contributed by atoms with Crippen molar-refractivity contribution >= 4 is 15.7 Å². The van der Waals surface area contributed by atoms with E-state index >= 15 is 0 Å². The second-order valence-electron chi connectivity index (χ2n) is 6.91. The highest BCUT2D eigenvalue weighted by molar-refractivity contribution is 7.90. The molecule has 0 fully saturated rings. The van der Waals surface area contributed by atoms with E-state index in [9.17, 15) is 13.2 Å². The molecule has 0 aliphatic heterocycles. The van der Waals surface area contributed by atoms with Crippen molar-refractivity contribution < 1.29 is 13.2 Å². The molecule has 138 valence electrons. The van der Waals surface area contributed by atoms with E-state index in [4.69, 9.17) is 0 Å². The lowest BCUT2D eigenvalue weighted by Crippen LogP contribution is -2.27. The Balaban J connectivity index is 1.40. The van der Waals surface area contributed by atoms with Crippen LogP contribution in [0.3, 0.4) is 0 Å². The molecular formula is C21H25NO3S. The standard InChI is InChI=1S/C21H25NO3S/c23-21(15-18-10-11-19-8-4-9-20(19)14-18)22-12-5-13-26(24,25)16-17-6-2-1-3-7-17/h1-3,6-7,10-11,14H,4-5,8-9,12-13,15-16H2,(H,22,23). The van der Waals surface area contributed by atoms with Crippen molar-refractivity contribution in [1.82, 2.24) is 5.32 Å². The molecule has 1 aliphatic rings. The van der Waals surface area contributed by atoms with Gasteiger partial charge in [0.15, 0.2) is 9.84 Å². The van der Waals surface area contributed by atoms with Crippen LogP contribution in [-0.4, -0.2) is 26.6 Å². The fraction of sp³-hybridized carbons (Fsp3) is 0.381. The summed E-state index contributed by atoms with van der Waals surface area (Å²) < 4.78 is 24.3. The van der Waals surface area contributed by atoms with Crippen LogP contribution < -0.4 is 5.32 Å². The zero-order valence-corrected chi connectivity index (χ0v) is 15.7. The maximum Gasteiger partial charge on any atom is 0.224 e. The van der Waals surface area contributed by atoms with Gasteiger partial charge in [0.25, 0.3) is 0 Å². The van der Waals surface area contributed by atoms with E-state index in [1.807, 2.05) is 36.4 Å². The van der Waals surface area contributed by atoms with Gasteiger partial charge in [-0.2, -0.15) is 0 Å². The molecule has 0 bridgehead atoms. The molecule has 1 aliphatic carbocycles.